The first-order valence-corrected chi connectivity index (χ1v) is 8.13. The molecule has 0 radical (unpaired) electrons. The maximum atomic E-state index is 6.65. The number of benzene rings is 1. The molecule has 1 fully saturated rings. The Balaban J connectivity index is 1.95. The lowest BCUT2D eigenvalue weighted by atomic mass is 9.64. The summed E-state index contributed by atoms with van der Waals surface area (Å²) in [5, 5.41) is 8.75. The van der Waals surface area contributed by atoms with E-state index in [9.17, 15) is 0 Å². The van der Waals surface area contributed by atoms with Gasteiger partial charge in [-0.3, -0.25) is 0 Å². The maximum absolute atomic E-state index is 6.65. The zero-order valence-corrected chi connectivity index (χ0v) is 14.0. The van der Waals surface area contributed by atoms with Gasteiger partial charge in [0.05, 0.1) is 27.3 Å². The van der Waals surface area contributed by atoms with Crippen LogP contribution in [-0.2, 0) is 5.41 Å². The Labute approximate surface area is 139 Å². The minimum Gasteiger partial charge on any atom is -0.376 e. The van der Waals surface area contributed by atoms with Crippen molar-refractivity contribution in [1.29, 1.82) is 0 Å². The van der Waals surface area contributed by atoms with E-state index in [-0.39, 0.29) is 5.41 Å². The molecule has 1 aromatic carbocycles. The van der Waals surface area contributed by atoms with Gasteiger partial charge < -0.3 is 5.32 Å². The van der Waals surface area contributed by atoms with Crippen LogP contribution in [0.4, 0.5) is 5.69 Å². The van der Waals surface area contributed by atoms with E-state index in [1.54, 1.807) is 10.9 Å². The first-order chi connectivity index (χ1) is 10.6. The lowest BCUT2D eigenvalue weighted by Gasteiger charge is -2.40. The first kappa shape index (κ1) is 14.1. The van der Waals surface area contributed by atoms with Crippen LogP contribution in [0.25, 0.3) is 5.69 Å². The zero-order chi connectivity index (χ0) is 15.5. The molecule has 1 aliphatic heterocycles. The number of hydrogen-bond acceptors (Lipinski definition) is 3. The largest absolute Gasteiger partial charge is 0.376 e. The van der Waals surface area contributed by atoms with Crippen LogP contribution in [0.15, 0.2) is 23.5 Å². The van der Waals surface area contributed by atoms with Crippen molar-refractivity contribution in [1.82, 2.24) is 15.1 Å². The maximum Gasteiger partial charge on any atom is 0.113 e. The van der Waals surface area contributed by atoms with Gasteiger partial charge in [-0.1, -0.05) is 29.6 Å². The summed E-state index contributed by atoms with van der Waals surface area (Å²) in [6, 6.07) is 2.02. The smallest absolute Gasteiger partial charge is 0.113 e. The van der Waals surface area contributed by atoms with Gasteiger partial charge in [0.1, 0.15) is 11.5 Å². The van der Waals surface area contributed by atoms with Crippen LogP contribution in [-0.4, -0.2) is 22.7 Å². The van der Waals surface area contributed by atoms with Gasteiger partial charge in [-0.25, -0.2) is 9.67 Å². The molecule has 0 bridgehead atoms. The number of nitrogens with one attached hydrogen (secondary N) is 1. The fraction of sp³-hybridized carbons (Fsp3) is 0.375. The summed E-state index contributed by atoms with van der Waals surface area (Å²) in [6.45, 7) is 1.99. The summed E-state index contributed by atoms with van der Waals surface area (Å²) >= 11 is 13.2. The third kappa shape index (κ3) is 1.71. The molecule has 1 spiro atoms. The van der Waals surface area contributed by atoms with Crippen LogP contribution in [0.3, 0.4) is 0 Å². The van der Waals surface area contributed by atoms with E-state index in [1.165, 1.54) is 6.42 Å². The Hall–Kier alpha value is -1.52. The van der Waals surface area contributed by atoms with Crippen molar-refractivity contribution in [3.05, 3.63) is 39.6 Å². The minimum absolute atomic E-state index is 0.0179. The lowest BCUT2D eigenvalue weighted by molar-refractivity contribution is 0.341. The second-order valence-corrected chi connectivity index (χ2v) is 6.81. The van der Waals surface area contributed by atoms with Gasteiger partial charge in [0, 0.05) is 13.2 Å². The van der Waals surface area contributed by atoms with Gasteiger partial charge >= 0.3 is 0 Å². The van der Waals surface area contributed by atoms with Gasteiger partial charge in [-0.2, -0.15) is 5.10 Å². The van der Waals surface area contributed by atoms with E-state index < -0.39 is 0 Å². The molecule has 6 heteroatoms. The molecule has 0 unspecified atom stereocenters. The monoisotopic (exact) mass is 334 g/mol. The van der Waals surface area contributed by atoms with Crippen LogP contribution in [0, 0.1) is 6.92 Å². The van der Waals surface area contributed by atoms with E-state index in [4.69, 9.17) is 28.2 Å². The molecule has 0 atom stereocenters. The summed E-state index contributed by atoms with van der Waals surface area (Å²) in [7, 11) is 1.91. The van der Waals surface area contributed by atoms with Crippen molar-refractivity contribution in [2.75, 3.05) is 7.05 Å². The highest BCUT2D eigenvalue weighted by atomic mass is 35.5. The third-order valence-corrected chi connectivity index (χ3v) is 5.39. The van der Waals surface area contributed by atoms with Crippen LogP contribution < -0.4 is 5.32 Å². The molecule has 2 aromatic rings. The minimum atomic E-state index is -0.0179. The van der Waals surface area contributed by atoms with Gasteiger partial charge in [0.25, 0.3) is 0 Å². The molecular weight excluding hydrogens is 319 g/mol. The number of aryl methyl sites for hydroxylation is 1. The number of rotatable bonds is 1. The molecular formula is C16H16Cl2N4. The summed E-state index contributed by atoms with van der Waals surface area (Å²) < 4.78 is 1.72. The zero-order valence-electron chi connectivity index (χ0n) is 12.5. The van der Waals surface area contributed by atoms with Crippen molar-refractivity contribution in [2.45, 2.75) is 31.6 Å². The van der Waals surface area contributed by atoms with Crippen LogP contribution in [0.2, 0.25) is 10.0 Å². The normalized spacial score (nSPS) is 18.1. The molecule has 1 N–H and O–H groups in total. The average Bonchev–Trinajstić information content (AvgIpc) is 2.99. The molecule has 4 nitrogen and oxygen atoms in total. The number of halogens is 2. The van der Waals surface area contributed by atoms with Gasteiger partial charge in [0.15, 0.2) is 0 Å². The molecule has 0 amide bonds. The highest BCUT2D eigenvalue weighted by Crippen LogP contribution is 2.55. The van der Waals surface area contributed by atoms with E-state index in [0.717, 1.165) is 35.5 Å². The molecule has 1 aliphatic carbocycles. The quantitative estimate of drug-likeness (QED) is 0.850. The van der Waals surface area contributed by atoms with Crippen molar-refractivity contribution < 1.29 is 0 Å². The Bertz CT molecular complexity index is 803. The fourth-order valence-corrected chi connectivity index (χ4v) is 4.17. The standard InChI is InChI=1S/C16H16Cl2N4/c1-9-7-20-22(8-9)14-11(17)6-10-13(12(14)18)21-15(19-2)16(10)4-3-5-16/h6-8H,3-5H2,1-2H3,(H,19,21). The molecule has 114 valence electrons. The number of likely N-dealkylation sites (N-methyl/N-ethyl adjacent to an activating group) is 1. The number of fused-ring (bicyclic) bond motifs is 2. The Morgan fingerprint density at radius 3 is 2.64 bits per heavy atom. The number of amidine groups is 1. The SMILES string of the molecule is CNC1=Nc2c(cc(Cl)c(-n3cc(C)cn3)c2Cl)C12CCC2. The molecule has 1 saturated carbocycles. The predicted molar refractivity (Wildman–Crippen MR) is 90.0 cm³/mol. The molecule has 1 aromatic heterocycles. The lowest BCUT2D eigenvalue weighted by Crippen LogP contribution is -2.45. The molecule has 2 heterocycles. The van der Waals surface area contributed by atoms with E-state index in [1.807, 2.05) is 26.2 Å². The van der Waals surface area contributed by atoms with E-state index in [0.29, 0.717) is 15.7 Å². The number of nitrogens with zero attached hydrogens (tertiary/aromatic N) is 3. The Morgan fingerprint density at radius 1 is 1.32 bits per heavy atom. The van der Waals surface area contributed by atoms with Crippen molar-refractivity contribution >= 4 is 34.7 Å². The van der Waals surface area contributed by atoms with Crippen LogP contribution in [0.5, 0.6) is 0 Å². The molecule has 2 aliphatic rings. The topological polar surface area (TPSA) is 42.2 Å². The van der Waals surface area contributed by atoms with E-state index >= 15 is 0 Å². The predicted octanol–water partition coefficient (Wildman–Crippen LogP) is 4.17. The average molecular weight is 335 g/mol. The number of aromatic nitrogens is 2. The van der Waals surface area contributed by atoms with E-state index in [2.05, 4.69) is 10.4 Å². The second kappa shape index (κ2) is 4.74. The Kier molecular flexibility index (Phi) is 3.03. The summed E-state index contributed by atoms with van der Waals surface area (Å²) in [4.78, 5) is 4.75. The van der Waals surface area contributed by atoms with Crippen LogP contribution in [0.1, 0.15) is 30.4 Å². The number of hydrogen-bond donors (Lipinski definition) is 1. The van der Waals surface area contributed by atoms with Crippen LogP contribution >= 0.6 is 23.2 Å². The molecule has 4 rings (SSSR count). The second-order valence-electron chi connectivity index (χ2n) is 6.03. The van der Waals surface area contributed by atoms with Gasteiger partial charge in [0.2, 0.25) is 0 Å². The van der Waals surface area contributed by atoms with Crippen molar-refractivity contribution in [3.63, 3.8) is 0 Å². The molecule has 22 heavy (non-hydrogen) atoms. The third-order valence-electron chi connectivity index (χ3n) is 4.75. The summed E-state index contributed by atoms with van der Waals surface area (Å²) in [5.41, 5.74) is 3.72. The fourth-order valence-electron chi connectivity index (χ4n) is 3.50. The Morgan fingerprint density at radius 2 is 2.09 bits per heavy atom. The van der Waals surface area contributed by atoms with Gasteiger partial charge in [-0.15, -0.1) is 0 Å². The van der Waals surface area contributed by atoms with Crippen molar-refractivity contribution in [3.8, 4) is 5.69 Å². The highest BCUT2D eigenvalue weighted by molar-refractivity contribution is 6.40. The first-order valence-electron chi connectivity index (χ1n) is 7.38. The summed E-state index contributed by atoms with van der Waals surface area (Å²) in [5.74, 6) is 1.00. The highest BCUT2D eigenvalue weighted by Gasteiger charge is 2.49. The van der Waals surface area contributed by atoms with Gasteiger partial charge in [-0.05, 0) is 37.0 Å². The summed E-state index contributed by atoms with van der Waals surface area (Å²) in [6.07, 6.45) is 7.08. The van der Waals surface area contributed by atoms with Crippen molar-refractivity contribution in [2.24, 2.45) is 4.99 Å². The molecule has 0 saturated heterocycles. The number of aliphatic imine (C=N–C) groups is 1.